The van der Waals surface area contributed by atoms with Crippen LogP contribution in [0.1, 0.15) is 5.82 Å². The fourth-order valence-corrected chi connectivity index (χ4v) is 3.75. The number of nitrogens with one attached hydrogen (secondary N) is 1. The van der Waals surface area contributed by atoms with Crippen LogP contribution in [0, 0.1) is 5.82 Å². The zero-order chi connectivity index (χ0) is 16.5. The molecular weight excluding hydrogens is 327 g/mol. The van der Waals surface area contributed by atoms with Gasteiger partial charge in [0.25, 0.3) is 5.56 Å². The minimum Gasteiger partial charge on any atom is -0.369 e. The topological polar surface area (TPSA) is 52.2 Å². The highest BCUT2D eigenvalue weighted by molar-refractivity contribution is 7.17. The summed E-state index contributed by atoms with van der Waals surface area (Å²) < 4.78 is 13.7. The molecule has 0 radical (unpaired) electrons. The first-order valence-corrected chi connectivity index (χ1v) is 8.76. The monoisotopic (exact) mass is 344 g/mol. The molecule has 24 heavy (non-hydrogen) atoms. The van der Waals surface area contributed by atoms with Gasteiger partial charge in [-0.15, -0.1) is 11.3 Å². The highest BCUT2D eigenvalue weighted by Gasteiger charge is 2.18. The van der Waals surface area contributed by atoms with Crippen molar-refractivity contribution in [3.63, 3.8) is 0 Å². The average Bonchev–Trinajstić information content (AvgIpc) is 3.05. The fourth-order valence-electron chi connectivity index (χ4n) is 3.02. The van der Waals surface area contributed by atoms with Crippen LogP contribution in [0.2, 0.25) is 0 Å². The Morgan fingerprint density at radius 3 is 2.62 bits per heavy atom. The largest absolute Gasteiger partial charge is 0.369 e. The Labute approximate surface area is 142 Å². The number of anilines is 1. The SMILES string of the molecule is O=c1[nH]c(CN2CCN(c3ccc(F)cc3)CC2)nc2ccsc12. The number of fused-ring (bicyclic) bond motifs is 1. The van der Waals surface area contributed by atoms with Crippen LogP contribution in [-0.2, 0) is 6.54 Å². The fraction of sp³-hybridized carbons (Fsp3) is 0.294. The van der Waals surface area contributed by atoms with Gasteiger partial charge in [-0.3, -0.25) is 9.69 Å². The molecule has 0 spiro atoms. The van der Waals surface area contributed by atoms with Crippen molar-refractivity contribution < 1.29 is 4.39 Å². The summed E-state index contributed by atoms with van der Waals surface area (Å²) in [5, 5.41) is 1.89. The summed E-state index contributed by atoms with van der Waals surface area (Å²) in [4.78, 5) is 24.0. The van der Waals surface area contributed by atoms with E-state index in [2.05, 4.69) is 19.8 Å². The molecule has 7 heteroatoms. The number of H-pyrrole nitrogens is 1. The van der Waals surface area contributed by atoms with Crippen LogP contribution in [0.15, 0.2) is 40.5 Å². The Balaban J connectivity index is 1.42. The van der Waals surface area contributed by atoms with Gasteiger partial charge >= 0.3 is 0 Å². The third kappa shape index (κ3) is 3.05. The van der Waals surface area contributed by atoms with Gasteiger partial charge < -0.3 is 9.88 Å². The van der Waals surface area contributed by atoms with E-state index in [1.54, 1.807) is 0 Å². The lowest BCUT2D eigenvalue weighted by atomic mass is 10.2. The molecule has 1 aliphatic rings. The molecule has 4 rings (SSSR count). The molecule has 2 aromatic heterocycles. The molecule has 124 valence electrons. The van der Waals surface area contributed by atoms with E-state index in [0.29, 0.717) is 17.1 Å². The number of halogens is 1. The molecule has 1 aromatic carbocycles. The van der Waals surface area contributed by atoms with E-state index in [9.17, 15) is 9.18 Å². The predicted molar refractivity (Wildman–Crippen MR) is 94.1 cm³/mol. The van der Waals surface area contributed by atoms with Gasteiger partial charge in [-0.05, 0) is 35.7 Å². The van der Waals surface area contributed by atoms with Gasteiger partial charge in [-0.2, -0.15) is 0 Å². The summed E-state index contributed by atoms with van der Waals surface area (Å²) in [5.41, 5.74) is 1.75. The van der Waals surface area contributed by atoms with E-state index >= 15 is 0 Å². The summed E-state index contributed by atoms with van der Waals surface area (Å²) in [5.74, 6) is 0.498. The van der Waals surface area contributed by atoms with E-state index < -0.39 is 0 Å². The quantitative estimate of drug-likeness (QED) is 0.793. The van der Waals surface area contributed by atoms with Crippen LogP contribution < -0.4 is 10.5 Å². The number of hydrogen-bond acceptors (Lipinski definition) is 5. The number of aromatic amines is 1. The molecule has 1 fully saturated rings. The number of rotatable bonds is 3. The first-order valence-electron chi connectivity index (χ1n) is 7.88. The molecule has 1 aliphatic heterocycles. The van der Waals surface area contributed by atoms with Gasteiger partial charge in [-0.25, -0.2) is 9.37 Å². The van der Waals surface area contributed by atoms with Crippen LogP contribution in [0.25, 0.3) is 10.2 Å². The lowest BCUT2D eigenvalue weighted by molar-refractivity contribution is 0.244. The molecule has 3 heterocycles. The normalized spacial score (nSPS) is 16.0. The minimum atomic E-state index is -0.212. The third-order valence-corrected chi connectivity index (χ3v) is 5.20. The Hall–Kier alpha value is -2.25. The van der Waals surface area contributed by atoms with Crippen LogP contribution in [0.4, 0.5) is 10.1 Å². The lowest BCUT2D eigenvalue weighted by Crippen LogP contribution is -2.46. The summed E-state index contributed by atoms with van der Waals surface area (Å²) in [6, 6.07) is 8.49. The molecule has 0 amide bonds. The van der Waals surface area contributed by atoms with Gasteiger partial charge in [0, 0.05) is 31.9 Å². The second kappa shape index (κ2) is 6.33. The van der Waals surface area contributed by atoms with Crippen molar-refractivity contribution in [2.24, 2.45) is 0 Å². The maximum absolute atomic E-state index is 13.0. The van der Waals surface area contributed by atoms with Crippen molar-refractivity contribution in [3.8, 4) is 0 Å². The van der Waals surface area contributed by atoms with Crippen molar-refractivity contribution in [1.29, 1.82) is 0 Å². The molecule has 5 nitrogen and oxygen atoms in total. The smallest absolute Gasteiger partial charge is 0.268 e. The number of hydrogen-bond donors (Lipinski definition) is 1. The molecule has 1 saturated heterocycles. The van der Waals surface area contributed by atoms with Crippen molar-refractivity contribution >= 4 is 27.2 Å². The number of piperazine rings is 1. The molecular formula is C17H17FN4OS. The summed E-state index contributed by atoms with van der Waals surface area (Å²) in [7, 11) is 0. The summed E-state index contributed by atoms with van der Waals surface area (Å²) >= 11 is 1.41. The predicted octanol–water partition coefficient (Wildman–Crippen LogP) is 2.45. The Kier molecular flexibility index (Phi) is 4.03. The highest BCUT2D eigenvalue weighted by atomic mass is 32.1. The third-order valence-electron chi connectivity index (χ3n) is 4.30. The maximum Gasteiger partial charge on any atom is 0.268 e. The molecule has 0 aliphatic carbocycles. The lowest BCUT2D eigenvalue weighted by Gasteiger charge is -2.35. The van der Waals surface area contributed by atoms with E-state index in [1.807, 2.05) is 23.6 Å². The first kappa shape index (κ1) is 15.3. The van der Waals surface area contributed by atoms with Crippen molar-refractivity contribution in [1.82, 2.24) is 14.9 Å². The number of thiophene rings is 1. The maximum atomic E-state index is 13.0. The second-order valence-electron chi connectivity index (χ2n) is 5.89. The van der Waals surface area contributed by atoms with Gasteiger partial charge in [0.15, 0.2) is 0 Å². The number of nitrogens with zero attached hydrogens (tertiary/aromatic N) is 3. The second-order valence-corrected chi connectivity index (χ2v) is 6.80. The number of benzene rings is 1. The highest BCUT2D eigenvalue weighted by Crippen LogP contribution is 2.18. The summed E-state index contributed by atoms with van der Waals surface area (Å²) in [6.07, 6.45) is 0. The van der Waals surface area contributed by atoms with Crippen molar-refractivity contribution in [3.05, 3.63) is 57.7 Å². The van der Waals surface area contributed by atoms with Crippen LogP contribution in [0.3, 0.4) is 0 Å². The standard InChI is InChI=1S/C17H17FN4OS/c18-12-1-3-13(4-2-12)22-8-6-21(7-9-22)11-15-19-14-5-10-24-16(14)17(23)20-15/h1-5,10H,6-9,11H2,(H,19,20,23). The Bertz CT molecular complexity index is 897. The molecule has 0 bridgehead atoms. The minimum absolute atomic E-state index is 0.0602. The van der Waals surface area contributed by atoms with E-state index in [-0.39, 0.29) is 11.4 Å². The van der Waals surface area contributed by atoms with Gasteiger partial charge in [-0.1, -0.05) is 0 Å². The van der Waals surface area contributed by atoms with Gasteiger partial charge in [0.1, 0.15) is 16.3 Å². The molecule has 0 atom stereocenters. The van der Waals surface area contributed by atoms with E-state index in [0.717, 1.165) is 37.4 Å². The van der Waals surface area contributed by atoms with Crippen molar-refractivity contribution in [2.75, 3.05) is 31.1 Å². The van der Waals surface area contributed by atoms with E-state index in [4.69, 9.17) is 0 Å². The molecule has 1 N–H and O–H groups in total. The van der Waals surface area contributed by atoms with Crippen LogP contribution in [-0.4, -0.2) is 41.0 Å². The zero-order valence-electron chi connectivity index (χ0n) is 13.0. The first-order chi connectivity index (χ1) is 11.7. The zero-order valence-corrected chi connectivity index (χ0v) is 13.9. The number of aromatic nitrogens is 2. The summed E-state index contributed by atoms with van der Waals surface area (Å²) in [6.45, 7) is 4.14. The molecule has 0 saturated carbocycles. The van der Waals surface area contributed by atoms with Crippen molar-refractivity contribution in [2.45, 2.75) is 6.54 Å². The average molecular weight is 344 g/mol. The Morgan fingerprint density at radius 2 is 1.88 bits per heavy atom. The molecule has 0 unspecified atom stereocenters. The van der Waals surface area contributed by atoms with Crippen LogP contribution in [0.5, 0.6) is 0 Å². The van der Waals surface area contributed by atoms with Crippen LogP contribution >= 0.6 is 11.3 Å². The van der Waals surface area contributed by atoms with Gasteiger partial charge in [0.05, 0.1) is 12.1 Å². The molecule has 3 aromatic rings. The Morgan fingerprint density at radius 1 is 1.12 bits per heavy atom. The van der Waals surface area contributed by atoms with E-state index in [1.165, 1.54) is 23.5 Å². The van der Waals surface area contributed by atoms with Gasteiger partial charge in [0.2, 0.25) is 0 Å².